The third-order valence-corrected chi connectivity index (χ3v) is 3.69. The van der Waals surface area contributed by atoms with Crippen molar-refractivity contribution in [2.75, 3.05) is 20.3 Å². The maximum absolute atomic E-state index is 11.9. The summed E-state index contributed by atoms with van der Waals surface area (Å²) in [4.78, 5) is 15.9. The molecule has 2 heterocycles. The molecular weight excluding hydrogens is 332 g/mol. The fourth-order valence-corrected chi connectivity index (χ4v) is 2.36. The smallest absolute Gasteiger partial charge is 0.258 e. The first kappa shape index (κ1) is 17.5. The van der Waals surface area contributed by atoms with Crippen molar-refractivity contribution in [3.05, 3.63) is 61.1 Å². The minimum Gasteiger partial charge on any atom is -0.497 e. The van der Waals surface area contributed by atoms with E-state index in [0.29, 0.717) is 24.6 Å². The van der Waals surface area contributed by atoms with Gasteiger partial charge in [0.2, 0.25) is 0 Å². The van der Waals surface area contributed by atoms with E-state index in [-0.39, 0.29) is 12.5 Å². The monoisotopic (exact) mass is 352 g/mol. The van der Waals surface area contributed by atoms with Crippen molar-refractivity contribution in [3.8, 4) is 22.8 Å². The van der Waals surface area contributed by atoms with Gasteiger partial charge in [-0.15, -0.1) is 0 Å². The molecule has 0 aliphatic carbocycles. The van der Waals surface area contributed by atoms with Gasteiger partial charge < -0.3 is 14.8 Å². The van der Waals surface area contributed by atoms with E-state index >= 15 is 0 Å². The van der Waals surface area contributed by atoms with Gasteiger partial charge in [-0.05, 0) is 30.3 Å². The molecule has 0 aliphatic rings. The number of methoxy groups -OCH3 is 1. The Balaban J connectivity index is 1.42. The maximum atomic E-state index is 11.9. The fourth-order valence-electron chi connectivity index (χ4n) is 2.36. The van der Waals surface area contributed by atoms with Crippen LogP contribution >= 0.6 is 0 Å². The molecule has 0 radical (unpaired) electrons. The predicted octanol–water partition coefficient (Wildman–Crippen LogP) is 2.15. The van der Waals surface area contributed by atoms with Crippen molar-refractivity contribution < 1.29 is 14.3 Å². The predicted molar refractivity (Wildman–Crippen MR) is 97.0 cm³/mol. The van der Waals surface area contributed by atoms with Gasteiger partial charge in [0.15, 0.2) is 6.61 Å². The second-order valence-corrected chi connectivity index (χ2v) is 5.52. The number of rotatable bonds is 8. The van der Waals surface area contributed by atoms with E-state index in [4.69, 9.17) is 9.47 Å². The summed E-state index contributed by atoms with van der Waals surface area (Å²) in [7, 11) is 1.58. The van der Waals surface area contributed by atoms with Gasteiger partial charge in [0, 0.05) is 36.8 Å². The maximum Gasteiger partial charge on any atom is 0.258 e. The molecule has 7 heteroatoms. The zero-order valence-electron chi connectivity index (χ0n) is 14.5. The molecule has 7 nitrogen and oxygen atoms in total. The summed E-state index contributed by atoms with van der Waals surface area (Å²) in [5.74, 6) is 1.09. The molecule has 0 bridgehead atoms. The van der Waals surface area contributed by atoms with Crippen LogP contribution in [0.1, 0.15) is 0 Å². The summed E-state index contributed by atoms with van der Waals surface area (Å²) in [5.41, 5.74) is 1.88. The molecular formula is C19H20N4O3. The number of pyridine rings is 1. The summed E-state index contributed by atoms with van der Waals surface area (Å²) in [5, 5.41) is 7.30. The standard InChI is InChI=1S/C19H20N4O3/c1-25-16-3-2-4-17(13-16)26-14-19(24)21-10-12-23-11-7-18(22-23)15-5-8-20-9-6-15/h2-9,11,13H,10,12,14H2,1H3,(H,21,24). The van der Waals surface area contributed by atoms with Crippen LogP contribution in [0, 0.1) is 0 Å². The Bertz CT molecular complexity index is 849. The van der Waals surface area contributed by atoms with E-state index in [1.807, 2.05) is 36.5 Å². The van der Waals surface area contributed by atoms with Crippen molar-refractivity contribution in [2.24, 2.45) is 0 Å². The highest BCUT2D eigenvalue weighted by atomic mass is 16.5. The van der Waals surface area contributed by atoms with Gasteiger partial charge in [0.25, 0.3) is 5.91 Å². The van der Waals surface area contributed by atoms with Crippen LogP contribution in [0.5, 0.6) is 11.5 Å². The van der Waals surface area contributed by atoms with Crippen LogP contribution in [0.25, 0.3) is 11.3 Å². The Labute approximate surface area is 151 Å². The van der Waals surface area contributed by atoms with Gasteiger partial charge in [-0.2, -0.15) is 5.10 Å². The van der Waals surface area contributed by atoms with Crippen LogP contribution in [0.4, 0.5) is 0 Å². The van der Waals surface area contributed by atoms with Crippen molar-refractivity contribution >= 4 is 5.91 Å². The van der Waals surface area contributed by atoms with Crippen molar-refractivity contribution in [3.63, 3.8) is 0 Å². The molecule has 0 saturated heterocycles. The van der Waals surface area contributed by atoms with Crippen molar-refractivity contribution in [1.82, 2.24) is 20.1 Å². The lowest BCUT2D eigenvalue weighted by Gasteiger charge is -2.08. The zero-order chi connectivity index (χ0) is 18.2. The summed E-state index contributed by atoms with van der Waals surface area (Å²) in [6.07, 6.45) is 5.35. The van der Waals surface area contributed by atoms with Crippen LogP contribution in [-0.4, -0.2) is 40.9 Å². The largest absolute Gasteiger partial charge is 0.497 e. The van der Waals surface area contributed by atoms with Gasteiger partial charge in [-0.3, -0.25) is 14.5 Å². The number of benzene rings is 1. The highest BCUT2D eigenvalue weighted by Crippen LogP contribution is 2.18. The van der Waals surface area contributed by atoms with E-state index in [1.54, 1.807) is 36.3 Å². The molecule has 3 rings (SSSR count). The molecule has 3 aromatic rings. The summed E-state index contributed by atoms with van der Waals surface area (Å²) >= 11 is 0. The highest BCUT2D eigenvalue weighted by molar-refractivity contribution is 5.77. The normalized spacial score (nSPS) is 10.3. The van der Waals surface area contributed by atoms with Crippen LogP contribution in [0.3, 0.4) is 0 Å². The molecule has 1 amide bonds. The van der Waals surface area contributed by atoms with Gasteiger partial charge in [0.05, 0.1) is 19.3 Å². The molecule has 0 unspecified atom stereocenters. The van der Waals surface area contributed by atoms with E-state index < -0.39 is 0 Å². The Morgan fingerprint density at radius 1 is 1.15 bits per heavy atom. The number of nitrogens with one attached hydrogen (secondary N) is 1. The molecule has 2 aromatic heterocycles. The minimum absolute atomic E-state index is 0.0471. The van der Waals surface area contributed by atoms with E-state index in [1.165, 1.54) is 0 Å². The van der Waals surface area contributed by atoms with Gasteiger partial charge in [-0.25, -0.2) is 0 Å². The molecule has 1 N–H and O–H groups in total. The molecule has 0 fully saturated rings. The lowest BCUT2D eigenvalue weighted by atomic mass is 10.2. The average molecular weight is 352 g/mol. The van der Waals surface area contributed by atoms with Crippen LogP contribution in [0.2, 0.25) is 0 Å². The SMILES string of the molecule is COc1cccc(OCC(=O)NCCn2ccc(-c3ccncc3)n2)c1. The second kappa shape index (κ2) is 8.66. The molecule has 134 valence electrons. The first-order valence-corrected chi connectivity index (χ1v) is 8.22. The minimum atomic E-state index is -0.186. The van der Waals surface area contributed by atoms with E-state index in [9.17, 15) is 4.79 Å². The molecule has 0 spiro atoms. The third kappa shape index (κ3) is 4.83. The molecule has 0 aliphatic heterocycles. The average Bonchev–Trinajstić information content (AvgIpc) is 3.16. The number of carbonyl (C=O) groups excluding carboxylic acids is 1. The lowest BCUT2D eigenvalue weighted by molar-refractivity contribution is -0.123. The third-order valence-electron chi connectivity index (χ3n) is 3.69. The van der Waals surface area contributed by atoms with Gasteiger partial charge in [0.1, 0.15) is 11.5 Å². The summed E-state index contributed by atoms with van der Waals surface area (Å²) < 4.78 is 12.4. The molecule has 1 aromatic carbocycles. The number of aromatic nitrogens is 3. The number of carbonyl (C=O) groups is 1. The number of nitrogens with zero attached hydrogens (tertiary/aromatic N) is 3. The molecule has 0 saturated carbocycles. The quantitative estimate of drug-likeness (QED) is 0.672. The van der Waals surface area contributed by atoms with E-state index in [2.05, 4.69) is 15.4 Å². The van der Waals surface area contributed by atoms with Crippen LogP contribution in [0.15, 0.2) is 61.1 Å². The Morgan fingerprint density at radius 3 is 2.77 bits per heavy atom. The Kier molecular flexibility index (Phi) is 5.82. The zero-order valence-corrected chi connectivity index (χ0v) is 14.5. The highest BCUT2D eigenvalue weighted by Gasteiger charge is 2.05. The Hall–Kier alpha value is -3.35. The first-order chi connectivity index (χ1) is 12.7. The summed E-state index contributed by atoms with van der Waals surface area (Å²) in [6, 6.07) is 12.9. The molecule has 0 atom stereocenters. The van der Waals surface area contributed by atoms with Gasteiger partial charge >= 0.3 is 0 Å². The van der Waals surface area contributed by atoms with Crippen LogP contribution in [-0.2, 0) is 11.3 Å². The number of hydrogen-bond donors (Lipinski definition) is 1. The van der Waals surface area contributed by atoms with E-state index in [0.717, 1.165) is 11.3 Å². The van der Waals surface area contributed by atoms with Gasteiger partial charge in [-0.1, -0.05) is 6.07 Å². The number of amides is 1. The molecule has 26 heavy (non-hydrogen) atoms. The van der Waals surface area contributed by atoms with Crippen molar-refractivity contribution in [2.45, 2.75) is 6.54 Å². The van der Waals surface area contributed by atoms with Crippen molar-refractivity contribution in [1.29, 1.82) is 0 Å². The summed E-state index contributed by atoms with van der Waals surface area (Å²) in [6.45, 7) is 1.00. The number of ether oxygens (including phenoxy) is 2. The Morgan fingerprint density at radius 2 is 1.96 bits per heavy atom. The number of hydrogen-bond acceptors (Lipinski definition) is 5. The van der Waals surface area contributed by atoms with Crippen LogP contribution < -0.4 is 14.8 Å². The lowest BCUT2D eigenvalue weighted by Crippen LogP contribution is -2.31. The second-order valence-electron chi connectivity index (χ2n) is 5.52. The fraction of sp³-hybridized carbons (Fsp3) is 0.211. The first-order valence-electron chi connectivity index (χ1n) is 8.22. The topological polar surface area (TPSA) is 78.3 Å².